The molecule has 1 aliphatic heterocycles. The van der Waals surface area contributed by atoms with Gasteiger partial charge in [-0.2, -0.15) is 0 Å². The summed E-state index contributed by atoms with van der Waals surface area (Å²) in [5.74, 6) is 0.133. The van der Waals surface area contributed by atoms with Crippen molar-refractivity contribution in [2.45, 2.75) is 25.8 Å². The van der Waals surface area contributed by atoms with Crippen molar-refractivity contribution in [2.24, 2.45) is 0 Å². The summed E-state index contributed by atoms with van der Waals surface area (Å²) < 4.78 is 0. The smallest absolute Gasteiger partial charge is 0.239 e. The molecular formula is C9H18N2O2. The summed E-state index contributed by atoms with van der Waals surface area (Å²) in [6, 6.07) is -0.00787. The largest absolute Gasteiger partial charge is 0.395 e. The summed E-state index contributed by atoms with van der Waals surface area (Å²) in [6.07, 6.45) is 2.01. The lowest BCUT2D eigenvalue weighted by Gasteiger charge is -2.23. The second-order valence-electron chi connectivity index (χ2n) is 3.29. The maximum Gasteiger partial charge on any atom is 0.239 e. The molecule has 1 amide bonds. The van der Waals surface area contributed by atoms with Gasteiger partial charge in [0.2, 0.25) is 5.91 Å². The highest BCUT2D eigenvalue weighted by atomic mass is 16.3. The minimum atomic E-state index is -0.00787. The Hall–Kier alpha value is -0.610. The number of carbonyl (C=O) groups excluding carboxylic acids is 1. The fraction of sp³-hybridized carbons (Fsp3) is 0.889. The average molecular weight is 186 g/mol. The van der Waals surface area contributed by atoms with E-state index in [1.165, 1.54) is 0 Å². The standard InChI is InChI=1S/C9H18N2O2/c1-2-11(6-7-12)9(13)8-4-3-5-10-8/h8,10,12H,2-7H2,1H3/t8-/m1/s1. The topological polar surface area (TPSA) is 52.6 Å². The molecule has 1 aliphatic rings. The monoisotopic (exact) mass is 186 g/mol. The van der Waals surface area contributed by atoms with Crippen LogP contribution in [0.3, 0.4) is 0 Å². The van der Waals surface area contributed by atoms with Crippen molar-refractivity contribution in [2.75, 3.05) is 26.2 Å². The van der Waals surface area contributed by atoms with E-state index in [0.29, 0.717) is 13.1 Å². The fourth-order valence-electron chi connectivity index (χ4n) is 1.66. The predicted octanol–water partition coefficient (Wildman–Crippen LogP) is -0.421. The maximum absolute atomic E-state index is 11.7. The summed E-state index contributed by atoms with van der Waals surface area (Å²) in [4.78, 5) is 13.4. The molecule has 1 saturated heterocycles. The fourth-order valence-corrected chi connectivity index (χ4v) is 1.66. The van der Waals surface area contributed by atoms with E-state index >= 15 is 0 Å². The maximum atomic E-state index is 11.7. The molecule has 0 aromatic rings. The molecule has 76 valence electrons. The summed E-state index contributed by atoms with van der Waals surface area (Å²) in [6.45, 7) is 4.05. The van der Waals surface area contributed by atoms with Crippen LogP contribution in [0.5, 0.6) is 0 Å². The Bertz CT molecular complexity index is 167. The molecule has 0 spiro atoms. The lowest BCUT2D eigenvalue weighted by molar-refractivity contribution is -0.133. The number of hydrogen-bond donors (Lipinski definition) is 2. The van der Waals surface area contributed by atoms with Crippen molar-refractivity contribution in [3.8, 4) is 0 Å². The molecule has 1 atom stereocenters. The molecule has 1 heterocycles. The van der Waals surface area contributed by atoms with E-state index in [1.54, 1.807) is 4.90 Å². The van der Waals surface area contributed by atoms with Crippen LogP contribution in [-0.2, 0) is 4.79 Å². The van der Waals surface area contributed by atoms with E-state index in [1.807, 2.05) is 6.92 Å². The van der Waals surface area contributed by atoms with Crippen molar-refractivity contribution in [3.05, 3.63) is 0 Å². The Kier molecular flexibility index (Phi) is 4.18. The molecule has 4 nitrogen and oxygen atoms in total. The Balaban J connectivity index is 2.42. The molecule has 2 N–H and O–H groups in total. The van der Waals surface area contributed by atoms with Crippen molar-refractivity contribution >= 4 is 5.91 Å². The zero-order valence-electron chi connectivity index (χ0n) is 8.12. The van der Waals surface area contributed by atoms with Crippen molar-refractivity contribution in [3.63, 3.8) is 0 Å². The summed E-state index contributed by atoms with van der Waals surface area (Å²) in [5.41, 5.74) is 0. The van der Waals surface area contributed by atoms with Crippen molar-refractivity contribution in [1.29, 1.82) is 0 Å². The number of likely N-dealkylation sites (N-methyl/N-ethyl adjacent to an activating group) is 1. The van der Waals surface area contributed by atoms with E-state index in [0.717, 1.165) is 19.4 Å². The van der Waals surface area contributed by atoms with Gasteiger partial charge in [-0.1, -0.05) is 0 Å². The van der Waals surface area contributed by atoms with Gasteiger partial charge in [-0.3, -0.25) is 4.79 Å². The number of amides is 1. The molecule has 13 heavy (non-hydrogen) atoms. The summed E-state index contributed by atoms with van der Waals surface area (Å²) in [5, 5.41) is 11.9. The predicted molar refractivity (Wildman–Crippen MR) is 50.4 cm³/mol. The van der Waals surface area contributed by atoms with Crippen LogP contribution >= 0.6 is 0 Å². The van der Waals surface area contributed by atoms with Gasteiger partial charge < -0.3 is 15.3 Å². The van der Waals surface area contributed by atoms with Crippen LogP contribution in [0.15, 0.2) is 0 Å². The number of aliphatic hydroxyl groups excluding tert-OH is 1. The highest BCUT2D eigenvalue weighted by molar-refractivity contribution is 5.82. The summed E-state index contributed by atoms with van der Waals surface area (Å²) in [7, 11) is 0. The van der Waals surface area contributed by atoms with Crippen LogP contribution in [0.1, 0.15) is 19.8 Å². The first-order valence-electron chi connectivity index (χ1n) is 4.92. The zero-order chi connectivity index (χ0) is 9.68. The first-order chi connectivity index (χ1) is 6.29. The van der Waals surface area contributed by atoms with E-state index in [2.05, 4.69) is 5.32 Å². The molecule has 0 saturated carbocycles. The van der Waals surface area contributed by atoms with Crippen molar-refractivity contribution in [1.82, 2.24) is 10.2 Å². The molecule has 1 fully saturated rings. The van der Waals surface area contributed by atoms with Gasteiger partial charge in [-0.15, -0.1) is 0 Å². The van der Waals surface area contributed by atoms with Crippen LogP contribution < -0.4 is 5.32 Å². The van der Waals surface area contributed by atoms with Gasteiger partial charge in [0.25, 0.3) is 0 Å². The van der Waals surface area contributed by atoms with Gasteiger partial charge in [-0.05, 0) is 26.3 Å². The lowest BCUT2D eigenvalue weighted by Crippen LogP contribution is -2.44. The van der Waals surface area contributed by atoms with Gasteiger partial charge in [-0.25, -0.2) is 0 Å². The molecule has 0 unspecified atom stereocenters. The van der Waals surface area contributed by atoms with E-state index in [4.69, 9.17) is 5.11 Å². The zero-order valence-corrected chi connectivity index (χ0v) is 8.12. The third-order valence-electron chi connectivity index (χ3n) is 2.42. The van der Waals surface area contributed by atoms with Gasteiger partial charge in [0.05, 0.1) is 12.6 Å². The first kappa shape index (κ1) is 10.5. The molecule has 4 heteroatoms. The minimum absolute atomic E-state index is 0.00787. The highest BCUT2D eigenvalue weighted by Crippen LogP contribution is 2.08. The normalized spacial score (nSPS) is 21.8. The summed E-state index contributed by atoms with van der Waals surface area (Å²) >= 11 is 0. The van der Waals surface area contributed by atoms with E-state index in [9.17, 15) is 4.79 Å². The SMILES string of the molecule is CCN(CCO)C(=O)[C@H]1CCCN1. The Labute approximate surface area is 78.9 Å². The first-order valence-corrected chi connectivity index (χ1v) is 4.92. The number of rotatable bonds is 4. The Morgan fingerprint density at radius 2 is 2.46 bits per heavy atom. The van der Waals surface area contributed by atoms with Crippen LogP contribution in [0.2, 0.25) is 0 Å². The Morgan fingerprint density at radius 1 is 1.69 bits per heavy atom. The van der Waals surface area contributed by atoms with Crippen LogP contribution in [-0.4, -0.2) is 48.2 Å². The van der Waals surface area contributed by atoms with Gasteiger partial charge in [0.15, 0.2) is 0 Å². The molecule has 0 bridgehead atoms. The van der Waals surface area contributed by atoms with E-state index < -0.39 is 0 Å². The third kappa shape index (κ3) is 2.67. The number of carbonyl (C=O) groups is 1. The second kappa shape index (κ2) is 5.19. The lowest BCUT2D eigenvalue weighted by atomic mass is 10.2. The second-order valence-corrected chi connectivity index (χ2v) is 3.29. The number of hydrogen-bond acceptors (Lipinski definition) is 3. The molecule has 0 aliphatic carbocycles. The van der Waals surface area contributed by atoms with Gasteiger partial charge in [0.1, 0.15) is 0 Å². The molecule has 1 rings (SSSR count). The number of nitrogens with one attached hydrogen (secondary N) is 1. The highest BCUT2D eigenvalue weighted by Gasteiger charge is 2.25. The van der Waals surface area contributed by atoms with Crippen LogP contribution in [0, 0.1) is 0 Å². The van der Waals surface area contributed by atoms with Gasteiger partial charge >= 0.3 is 0 Å². The number of aliphatic hydroxyl groups is 1. The third-order valence-corrected chi connectivity index (χ3v) is 2.42. The number of nitrogens with zero attached hydrogens (tertiary/aromatic N) is 1. The Morgan fingerprint density at radius 3 is 2.92 bits per heavy atom. The minimum Gasteiger partial charge on any atom is -0.395 e. The molecular weight excluding hydrogens is 168 g/mol. The average Bonchev–Trinajstić information content (AvgIpc) is 2.65. The van der Waals surface area contributed by atoms with Gasteiger partial charge in [0, 0.05) is 13.1 Å². The molecule has 0 aromatic heterocycles. The van der Waals surface area contributed by atoms with Crippen molar-refractivity contribution < 1.29 is 9.90 Å². The molecule has 0 aromatic carbocycles. The van der Waals surface area contributed by atoms with Crippen LogP contribution in [0.4, 0.5) is 0 Å². The van der Waals surface area contributed by atoms with E-state index in [-0.39, 0.29) is 18.6 Å². The van der Waals surface area contributed by atoms with Crippen LogP contribution in [0.25, 0.3) is 0 Å². The quantitative estimate of drug-likeness (QED) is 0.627. The molecule has 0 radical (unpaired) electrons.